The summed E-state index contributed by atoms with van der Waals surface area (Å²) in [7, 11) is 3.16. The summed E-state index contributed by atoms with van der Waals surface area (Å²) >= 11 is 0. The van der Waals surface area contributed by atoms with E-state index in [0.717, 1.165) is 36.4 Å². The largest absolute Gasteiger partial charge is 0.497 e. The molecule has 1 atom stereocenters. The van der Waals surface area contributed by atoms with Gasteiger partial charge in [0.15, 0.2) is 11.5 Å². The van der Waals surface area contributed by atoms with Gasteiger partial charge in [-0.3, -0.25) is 4.79 Å². The van der Waals surface area contributed by atoms with Gasteiger partial charge in [0, 0.05) is 18.2 Å². The summed E-state index contributed by atoms with van der Waals surface area (Å²) in [5, 5.41) is 0. The Kier molecular flexibility index (Phi) is 4.79. The Morgan fingerprint density at radius 1 is 1.00 bits per heavy atom. The maximum absolute atomic E-state index is 13.2. The SMILES string of the molecule is COc1cc(OC)cc(C(=O)N2CCC[C@@H]2c2ccc3c(c2)OCCO3)c1. The molecule has 1 amide bonds. The van der Waals surface area contributed by atoms with Gasteiger partial charge in [0.25, 0.3) is 5.91 Å². The minimum absolute atomic E-state index is 0.0190. The average molecular weight is 369 g/mol. The van der Waals surface area contributed by atoms with Crippen LogP contribution in [-0.4, -0.2) is 44.8 Å². The zero-order valence-corrected chi connectivity index (χ0v) is 15.6. The monoisotopic (exact) mass is 369 g/mol. The first kappa shape index (κ1) is 17.5. The molecule has 142 valence electrons. The predicted molar refractivity (Wildman–Crippen MR) is 100.0 cm³/mol. The highest BCUT2D eigenvalue weighted by Crippen LogP contribution is 2.39. The molecule has 0 spiro atoms. The van der Waals surface area contributed by atoms with Crippen molar-refractivity contribution in [3.8, 4) is 23.0 Å². The van der Waals surface area contributed by atoms with Gasteiger partial charge >= 0.3 is 0 Å². The fourth-order valence-corrected chi connectivity index (χ4v) is 3.72. The normalized spacial score (nSPS) is 18.3. The van der Waals surface area contributed by atoms with Crippen molar-refractivity contribution in [3.05, 3.63) is 47.5 Å². The van der Waals surface area contributed by atoms with Crippen molar-refractivity contribution in [2.24, 2.45) is 0 Å². The number of carbonyl (C=O) groups is 1. The van der Waals surface area contributed by atoms with Crippen molar-refractivity contribution in [2.75, 3.05) is 34.0 Å². The van der Waals surface area contributed by atoms with Gasteiger partial charge in [0.2, 0.25) is 0 Å². The molecule has 0 aliphatic carbocycles. The van der Waals surface area contributed by atoms with E-state index in [-0.39, 0.29) is 11.9 Å². The van der Waals surface area contributed by atoms with E-state index in [0.29, 0.717) is 30.3 Å². The second-order valence-corrected chi connectivity index (χ2v) is 6.66. The smallest absolute Gasteiger partial charge is 0.254 e. The van der Waals surface area contributed by atoms with Crippen LogP contribution in [0.1, 0.15) is 34.8 Å². The number of carbonyl (C=O) groups excluding carboxylic acids is 1. The highest BCUT2D eigenvalue weighted by Gasteiger charge is 2.32. The lowest BCUT2D eigenvalue weighted by Crippen LogP contribution is -2.30. The summed E-state index contributed by atoms with van der Waals surface area (Å²) in [6.07, 6.45) is 1.89. The topological polar surface area (TPSA) is 57.2 Å². The van der Waals surface area contributed by atoms with E-state index in [2.05, 4.69) is 0 Å². The number of hydrogen-bond acceptors (Lipinski definition) is 5. The van der Waals surface area contributed by atoms with Gasteiger partial charge in [-0.2, -0.15) is 0 Å². The van der Waals surface area contributed by atoms with Crippen LogP contribution < -0.4 is 18.9 Å². The lowest BCUT2D eigenvalue weighted by molar-refractivity contribution is 0.0734. The van der Waals surface area contributed by atoms with Crippen LogP contribution in [-0.2, 0) is 0 Å². The Balaban J connectivity index is 1.62. The predicted octanol–water partition coefficient (Wildman–Crippen LogP) is 3.45. The van der Waals surface area contributed by atoms with Gasteiger partial charge < -0.3 is 23.8 Å². The number of methoxy groups -OCH3 is 2. The summed E-state index contributed by atoms with van der Waals surface area (Å²) in [5.41, 5.74) is 1.63. The van der Waals surface area contributed by atoms with Gasteiger partial charge in [-0.25, -0.2) is 0 Å². The number of amides is 1. The number of fused-ring (bicyclic) bond motifs is 1. The molecule has 2 aliphatic rings. The van der Waals surface area contributed by atoms with Gasteiger partial charge in [0.1, 0.15) is 24.7 Å². The van der Waals surface area contributed by atoms with Crippen molar-refractivity contribution in [2.45, 2.75) is 18.9 Å². The van der Waals surface area contributed by atoms with Crippen molar-refractivity contribution in [1.29, 1.82) is 0 Å². The summed E-state index contributed by atoms with van der Waals surface area (Å²) < 4.78 is 21.9. The van der Waals surface area contributed by atoms with Crippen molar-refractivity contribution in [1.82, 2.24) is 4.90 Å². The number of ether oxygens (including phenoxy) is 4. The highest BCUT2D eigenvalue weighted by molar-refractivity contribution is 5.95. The summed E-state index contributed by atoms with van der Waals surface area (Å²) in [6, 6.07) is 11.2. The molecule has 0 bridgehead atoms. The molecule has 2 heterocycles. The van der Waals surface area contributed by atoms with Gasteiger partial charge in [-0.05, 0) is 42.7 Å². The first-order chi connectivity index (χ1) is 13.2. The van der Waals surface area contributed by atoms with Crippen LogP contribution in [0.4, 0.5) is 0 Å². The Hall–Kier alpha value is -2.89. The molecule has 1 saturated heterocycles. The molecule has 6 nitrogen and oxygen atoms in total. The fraction of sp³-hybridized carbons (Fsp3) is 0.381. The van der Waals surface area contributed by atoms with Crippen LogP contribution in [0.2, 0.25) is 0 Å². The number of nitrogens with zero attached hydrogens (tertiary/aromatic N) is 1. The number of hydrogen-bond donors (Lipinski definition) is 0. The molecular weight excluding hydrogens is 346 g/mol. The molecule has 0 N–H and O–H groups in total. The van der Waals surface area contributed by atoms with Crippen molar-refractivity contribution >= 4 is 5.91 Å². The Labute approximate surface area is 158 Å². The maximum Gasteiger partial charge on any atom is 0.254 e. The van der Waals surface area contributed by atoms with Crippen LogP contribution in [0.5, 0.6) is 23.0 Å². The fourth-order valence-electron chi connectivity index (χ4n) is 3.72. The molecule has 0 radical (unpaired) electrons. The first-order valence-electron chi connectivity index (χ1n) is 9.13. The highest BCUT2D eigenvalue weighted by atomic mass is 16.6. The second kappa shape index (κ2) is 7.39. The Morgan fingerprint density at radius 2 is 1.70 bits per heavy atom. The lowest BCUT2D eigenvalue weighted by atomic mass is 10.0. The third kappa shape index (κ3) is 3.39. The van der Waals surface area contributed by atoms with Crippen LogP contribution >= 0.6 is 0 Å². The van der Waals surface area contributed by atoms with E-state index < -0.39 is 0 Å². The molecule has 2 aromatic rings. The van der Waals surface area contributed by atoms with E-state index in [4.69, 9.17) is 18.9 Å². The first-order valence-corrected chi connectivity index (χ1v) is 9.13. The van der Waals surface area contributed by atoms with Gasteiger partial charge in [-0.15, -0.1) is 0 Å². The summed E-state index contributed by atoms with van der Waals surface area (Å²) in [5.74, 6) is 2.70. The number of likely N-dealkylation sites (tertiary alicyclic amines) is 1. The third-order valence-electron chi connectivity index (χ3n) is 5.06. The Morgan fingerprint density at radius 3 is 2.41 bits per heavy atom. The van der Waals surface area contributed by atoms with Gasteiger partial charge in [0.05, 0.1) is 20.3 Å². The Bertz CT molecular complexity index is 828. The second-order valence-electron chi connectivity index (χ2n) is 6.66. The van der Waals surface area contributed by atoms with E-state index in [1.54, 1.807) is 32.4 Å². The molecule has 4 rings (SSSR count). The molecule has 0 aromatic heterocycles. The lowest BCUT2D eigenvalue weighted by Gasteiger charge is -2.27. The molecule has 0 saturated carbocycles. The molecule has 2 aromatic carbocycles. The van der Waals surface area contributed by atoms with Crippen LogP contribution in [0, 0.1) is 0 Å². The van der Waals surface area contributed by atoms with Crippen molar-refractivity contribution in [3.63, 3.8) is 0 Å². The minimum atomic E-state index is -0.0235. The number of rotatable bonds is 4. The van der Waals surface area contributed by atoms with Crippen LogP contribution in [0.15, 0.2) is 36.4 Å². The summed E-state index contributed by atoms with van der Waals surface area (Å²) in [6.45, 7) is 1.84. The molecule has 6 heteroatoms. The average Bonchev–Trinajstić information content (AvgIpc) is 3.22. The number of benzene rings is 2. The van der Waals surface area contributed by atoms with Gasteiger partial charge in [-0.1, -0.05) is 6.07 Å². The van der Waals surface area contributed by atoms with Crippen molar-refractivity contribution < 1.29 is 23.7 Å². The molecule has 0 unspecified atom stereocenters. The van der Waals surface area contributed by atoms with E-state index in [1.165, 1.54) is 0 Å². The third-order valence-corrected chi connectivity index (χ3v) is 5.06. The van der Waals surface area contributed by atoms with Crippen LogP contribution in [0.3, 0.4) is 0 Å². The summed E-state index contributed by atoms with van der Waals surface area (Å²) in [4.78, 5) is 15.1. The quantitative estimate of drug-likeness (QED) is 0.826. The zero-order chi connectivity index (χ0) is 18.8. The van der Waals surface area contributed by atoms with Crippen LogP contribution in [0.25, 0.3) is 0 Å². The van der Waals surface area contributed by atoms with E-state index >= 15 is 0 Å². The van der Waals surface area contributed by atoms with E-state index in [1.807, 2.05) is 23.1 Å². The maximum atomic E-state index is 13.2. The molecule has 1 fully saturated rings. The minimum Gasteiger partial charge on any atom is -0.497 e. The molecular formula is C21H23NO5. The van der Waals surface area contributed by atoms with E-state index in [9.17, 15) is 4.79 Å². The standard InChI is InChI=1S/C21H23NO5/c1-24-16-10-15(11-17(13-16)25-2)21(23)22-7-3-4-18(22)14-5-6-19-20(12-14)27-9-8-26-19/h5-6,10-13,18H,3-4,7-9H2,1-2H3/t18-/m1/s1. The molecule has 2 aliphatic heterocycles. The molecule has 27 heavy (non-hydrogen) atoms. The zero-order valence-electron chi connectivity index (χ0n) is 15.6.